The van der Waals surface area contributed by atoms with Crippen LogP contribution in [0.5, 0.6) is 0 Å². The molecule has 1 saturated heterocycles. The quantitative estimate of drug-likeness (QED) is 0.593. The number of hydrogen-bond donors (Lipinski definition) is 0. The molecule has 1 aliphatic heterocycles. The van der Waals surface area contributed by atoms with Crippen LogP contribution in [0.15, 0.2) is 29.3 Å². The number of anilines is 1. The molecule has 2 aliphatic carbocycles. The fourth-order valence-corrected chi connectivity index (χ4v) is 5.39. The van der Waals surface area contributed by atoms with Crippen molar-refractivity contribution in [1.29, 1.82) is 0 Å². The third-order valence-corrected chi connectivity index (χ3v) is 7.26. The molecular weight excluding hydrogens is 386 g/mol. The van der Waals surface area contributed by atoms with Crippen molar-refractivity contribution in [2.75, 3.05) is 18.0 Å². The first-order chi connectivity index (χ1) is 15.2. The normalized spacial score (nSPS) is 24.6. The lowest BCUT2D eigenvalue weighted by molar-refractivity contribution is -0.131. The van der Waals surface area contributed by atoms with Crippen LogP contribution in [-0.2, 0) is 16.0 Å². The summed E-state index contributed by atoms with van der Waals surface area (Å²) in [6.45, 7) is 6.35. The molecule has 170 valence electrons. The van der Waals surface area contributed by atoms with Crippen molar-refractivity contribution < 1.29 is 9.53 Å². The Morgan fingerprint density at radius 2 is 1.55 bits per heavy atom. The second-order valence-corrected chi connectivity index (χ2v) is 9.35. The lowest BCUT2D eigenvalue weighted by Gasteiger charge is -2.30. The van der Waals surface area contributed by atoms with Crippen LogP contribution in [0, 0.1) is 0 Å². The molecule has 3 fully saturated rings. The third-order valence-electron chi connectivity index (χ3n) is 7.26. The molecule has 5 heteroatoms. The second kappa shape index (κ2) is 10.5. The smallest absolute Gasteiger partial charge is 0.295 e. The molecule has 2 saturated carbocycles. The highest BCUT2D eigenvalue weighted by Gasteiger charge is 2.43. The van der Waals surface area contributed by atoms with Crippen molar-refractivity contribution in [3.8, 4) is 0 Å². The highest BCUT2D eigenvalue weighted by Crippen LogP contribution is 2.30. The minimum atomic E-state index is -0.441. The Bertz CT molecular complexity index is 744. The van der Waals surface area contributed by atoms with Gasteiger partial charge in [0.2, 0.25) is 0 Å². The maximum absolute atomic E-state index is 13.4. The molecule has 1 aromatic rings. The average Bonchev–Trinajstić information content (AvgIpc) is 3.11. The summed E-state index contributed by atoms with van der Waals surface area (Å²) < 4.78 is 6.28. The summed E-state index contributed by atoms with van der Waals surface area (Å²) in [6.07, 6.45) is 12.0. The molecule has 0 spiro atoms. The molecule has 1 atom stereocenters. The lowest BCUT2D eigenvalue weighted by atomic mass is 9.94. The van der Waals surface area contributed by atoms with Gasteiger partial charge < -0.3 is 9.64 Å². The van der Waals surface area contributed by atoms with Gasteiger partial charge in [0.15, 0.2) is 6.10 Å². The number of amidine groups is 1. The van der Waals surface area contributed by atoms with Crippen LogP contribution >= 0.6 is 0 Å². The zero-order valence-electron chi connectivity index (χ0n) is 19.4. The molecule has 1 aromatic carbocycles. The zero-order valence-corrected chi connectivity index (χ0v) is 19.4. The van der Waals surface area contributed by atoms with Gasteiger partial charge in [0.25, 0.3) is 11.9 Å². The second-order valence-electron chi connectivity index (χ2n) is 9.35. The number of nitrogens with zero attached hydrogens (tertiary/aromatic N) is 3. The van der Waals surface area contributed by atoms with E-state index >= 15 is 0 Å². The van der Waals surface area contributed by atoms with Crippen molar-refractivity contribution in [3.63, 3.8) is 0 Å². The fourth-order valence-electron chi connectivity index (χ4n) is 5.39. The van der Waals surface area contributed by atoms with E-state index in [4.69, 9.17) is 9.73 Å². The molecule has 0 aromatic heterocycles. The van der Waals surface area contributed by atoms with Gasteiger partial charge in [-0.25, -0.2) is 4.99 Å². The summed E-state index contributed by atoms with van der Waals surface area (Å²) in [5.41, 5.74) is 2.38. The fraction of sp³-hybridized carbons (Fsp3) is 0.692. The van der Waals surface area contributed by atoms with Crippen LogP contribution in [0.3, 0.4) is 0 Å². The number of carbonyl (C=O) groups excluding carboxylic acids is 1. The topological polar surface area (TPSA) is 45.1 Å². The van der Waals surface area contributed by atoms with Crippen molar-refractivity contribution in [2.45, 2.75) is 103 Å². The average molecular weight is 426 g/mol. The van der Waals surface area contributed by atoms with Crippen molar-refractivity contribution in [1.82, 2.24) is 4.90 Å². The molecule has 1 unspecified atom stereocenters. The Kier molecular flexibility index (Phi) is 7.52. The summed E-state index contributed by atoms with van der Waals surface area (Å²) in [5, 5.41) is 0. The highest BCUT2D eigenvalue weighted by molar-refractivity contribution is 6.02. The van der Waals surface area contributed by atoms with Gasteiger partial charge in [0.05, 0.1) is 6.04 Å². The van der Waals surface area contributed by atoms with Crippen LogP contribution in [-0.4, -0.2) is 48.1 Å². The van der Waals surface area contributed by atoms with Crippen molar-refractivity contribution in [3.05, 3.63) is 29.8 Å². The molecule has 5 nitrogen and oxygen atoms in total. The zero-order chi connectivity index (χ0) is 21.6. The molecule has 0 bridgehead atoms. The number of carbonyl (C=O) groups is 1. The lowest BCUT2D eigenvalue weighted by Crippen LogP contribution is -2.42. The van der Waals surface area contributed by atoms with E-state index in [1.54, 1.807) is 0 Å². The van der Waals surface area contributed by atoms with Crippen LogP contribution in [0.1, 0.15) is 83.6 Å². The summed E-state index contributed by atoms with van der Waals surface area (Å²) in [5.74, 6) is 0.120. The summed E-state index contributed by atoms with van der Waals surface area (Å²) >= 11 is 0. The Hall–Kier alpha value is -2.04. The Morgan fingerprint density at radius 3 is 2.16 bits per heavy atom. The van der Waals surface area contributed by atoms with E-state index in [-0.39, 0.29) is 11.9 Å². The predicted molar refractivity (Wildman–Crippen MR) is 127 cm³/mol. The van der Waals surface area contributed by atoms with E-state index in [1.807, 2.05) is 4.90 Å². The van der Waals surface area contributed by atoms with Gasteiger partial charge in [-0.1, -0.05) is 50.7 Å². The maximum atomic E-state index is 13.4. The van der Waals surface area contributed by atoms with Crippen molar-refractivity contribution >= 4 is 17.6 Å². The number of rotatable bonds is 7. The highest BCUT2D eigenvalue weighted by atomic mass is 16.5. The van der Waals surface area contributed by atoms with Gasteiger partial charge in [0, 0.05) is 31.2 Å². The van der Waals surface area contributed by atoms with Gasteiger partial charge in [-0.3, -0.25) is 9.69 Å². The minimum absolute atomic E-state index is 0.120. The van der Waals surface area contributed by atoms with Crippen LogP contribution in [0.2, 0.25) is 0 Å². The predicted octanol–water partition coefficient (Wildman–Crippen LogP) is 5.32. The summed E-state index contributed by atoms with van der Waals surface area (Å²) in [4.78, 5) is 22.7. The SMILES string of the molecule is CCN(CC)c1ccc(CC2O/C(=N/C3CCCCC3)N(C3CCCCC3)C2=O)cc1. The monoisotopic (exact) mass is 425 g/mol. The maximum Gasteiger partial charge on any atom is 0.295 e. The third kappa shape index (κ3) is 5.24. The van der Waals surface area contributed by atoms with E-state index in [1.165, 1.54) is 44.2 Å². The van der Waals surface area contributed by atoms with E-state index in [2.05, 4.69) is 43.0 Å². The summed E-state index contributed by atoms with van der Waals surface area (Å²) in [6, 6.07) is 9.81. The first kappa shape index (κ1) is 22.2. The van der Waals surface area contributed by atoms with Crippen LogP contribution in [0.25, 0.3) is 0 Å². The molecule has 0 radical (unpaired) electrons. The molecule has 0 N–H and O–H groups in total. The van der Waals surface area contributed by atoms with Gasteiger partial charge in [-0.15, -0.1) is 0 Å². The number of benzene rings is 1. The van der Waals surface area contributed by atoms with E-state index in [9.17, 15) is 4.79 Å². The van der Waals surface area contributed by atoms with Crippen molar-refractivity contribution in [2.24, 2.45) is 4.99 Å². The van der Waals surface area contributed by atoms with Gasteiger partial charge >= 0.3 is 0 Å². The molecular formula is C26H39N3O2. The molecule has 3 aliphatic rings. The van der Waals surface area contributed by atoms with Crippen LogP contribution in [0.4, 0.5) is 5.69 Å². The molecule has 4 rings (SSSR count). The first-order valence-electron chi connectivity index (χ1n) is 12.6. The summed E-state index contributed by atoms with van der Waals surface area (Å²) in [7, 11) is 0. The van der Waals surface area contributed by atoms with Gasteiger partial charge in [-0.2, -0.15) is 0 Å². The Labute approximate surface area is 187 Å². The number of ether oxygens (including phenoxy) is 1. The molecule has 1 heterocycles. The van der Waals surface area contributed by atoms with E-state index in [0.29, 0.717) is 18.5 Å². The first-order valence-corrected chi connectivity index (χ1v) is 12.6. The Balaban J connectivity index is 1.50. The number of hydrogen-bond acceptors (Lipinski definition) is 4. The number of amides is 1. The van der Waals surface area contributed by atoms with E-state index < -0.39 is 6.10 Å². The molecule has 31 heavy (non-hydrogen) atoms. The standard InChI is InChI=1S/C26H39N3O2/c1-3-28(4-2)22-17-15-20(16-18-22)19-24-25(30)29(23-13-9-6-10-14-23)26(31-24)27-21-11-7-5-8-12-21/h15-18,21,23-24H,3-14,19H2,1-2H3/b27-26+. The largest absolute Gasteiger partial charge is 0.451 e. The Morgan fingerprint density at radius 1 is 0.935 bits per heavy atom. The number of aliphatic imine (C=N–C) groups is 1. The van der Waals surface area contributed by atoms with Crippen LogP contribution < -0.4 is 4.90 Å². The van der Waals surface area contributed by atoms with Gasteiger partial charge in [0.1, 0.15) is 0 Å². The minimum Gasteiger partial charge on any atom is -0.451 e. The van der Waals surface area contributed by atoms with Gasteiger partial charge in [-0.05, 0) is 57.2 Å². The van der Waals surface area contributed by atoms with E-state index in [0.717, 1.165) is 44.3 Å². The molecule has 1 amide bonds.